The SMILES string of the molecule is CC/C=C/C=C/C=C/CCCCCCCCCC(=O)NC(COP(=O)(O)OCC[N+](C)(C)C)C(/C=C/CCCCCCCCCCCCC)OC(=O)CCCCC/C=C\CCCCCCCC. The van der Waals surface area contributed by atoms with Crippen molar-refractivity contribution in [1.29, 1.82) is 0 Å². The first-order valence-corrected chi connectivity index (χ1v) is 29.1. The fourth-order valence-electron chi connectivity index (χ4n) is 7.70. The first kappa shape index (κ1) is 64.7. The number of likely N-dealkylation sites (N-methyl/N-ethyl adjacent to an activating group) is 1. The number of esters is 1. The lowest BCUT2D eigenvalue weighted by Crippen LogP contribution is -2.47. The number of nitrogens with zero attached hydrogens (tertiary/aromatic N) is 1. The van der Waals surface area contributed by atoms with Crippen LogP contribution in [0.2, 0.25) is 0 Å². The molecule has 2 N–H and O–H groups in total. The Hall–Kier alpha value is -2.29. The summed E-state index contributed by atoms with van der Waals surface area (Å²) in [6, 6.07) is -0.860. The van der Waals surface area contributed by atoms with E-state index in [1.807, 2.05) is 33.3 Å². The molecule has 0 aromatic carbocycles. The van der Waals surface area contributed by atoms with E-state index < -0.39 is 20.0 Å². The van der Waals surface area contributed by atoms with Crippen molar-refractivity contribution in [2.24, 2.45) is 0 Å². The van der Waals surface area contributed by atoms with Crippen LogP contribution in [0.15, 0.2) is 60.8 Å². The van der Waals surface area contributed by atoms with Crippen molar-refractivity contribution < 1.29 is 37.3 Å². The minimum absolute atomic E-state index is 0.0341. The number of quaternary nitrogens is 1. The number of ether oxygens (including phenoxy) is 1. The summed E-state index contributed by atoms with van der Waals surface area (Å²) in [4.78, 5) is 37.5. The minimum atomic E-state index is -4.45. The Bertz CT molecular complexity index is 1340. The molecule has 3 atom stereocenters. The van der Waals surface area contributed by atoms with E-state index in [1.54, 1.807) is 0 Å². The first-order valence-electron chi connectivity index (χ1n) is 27.6. The Morgan fingerprint density at radius 1 is 0.537 bits per heavy atom. The molecule has 0 aromatic rings. The molecule has 0 aliphatic carbocycles. The minimum Gasteiger partial charge on any atom is -0.456 e. The van der Waals surface area contributed by atoms with Crippen molar-refractivity contribution in [2.75, 3.05) is 40.9 Å². The number of carbonyl (C=O) groups is 2. The molecule has 67 heavy (non-hydrogen) atoms. The molecule has 1 amide bonds. The predicted octanol–water partition coefficient (Wildman–Crippen LogP) is 16.3. The molecular formula is C57H106N2O7P+. The van der Waals surface area contributed by atoms with Gasteiger partial charge >= 0.3 is 13.8 Å². The third kappa shape index (κ3) is 48.5. The lowest BCUT2D eigenvalue weighted by Gasteiger charge is -2.27. The van der Waals surface area contributed by atoms with E-state index in [4.69, 9.17) is 13.8 Å². The van der Waals surface area contributed by atoms with E-state index in [-0.39, 0.29) is 31.5 Å². The normalized spacial score (nSPS) is 14.3. The monoisotopic (exact) mass is 962 g/mol. The quantitative estimate of drug-likeness (QED) is 0.0156. The summed E-state index contributed by atoms with van der Waals surface area (Å²) < 4.78 is 30.5. The molecule has 0 spiro atoms. The second kappa shape index (κ2) is 47.4. The van der Waals surface area contributed by atoms with E-state index in [9.17, 15) is 19.0 Å². The van der Waals surface area contributed by atoms with E-state index in [1.165, 1.54) is 116 Å². The van der Waals surface area contributed by atoms with E-state index in [0.717, 1.165) is 83.5 Å². The highest BCUT2D eigenvalue weighted by molar-refractivity contribution is 7.47. The van der Waals surface area contributed by atoms with Crippen LogP contribution in [-0.2, 0) is 27.9 Å². The van der Waals surface area contributed by atoms with Gasteiger partial charge in [-0.2, -0.15) is 0 Å². The van der Waals surface area contributed by atoms with Gasteiger partial charge in [0, 0.05) is 12.8 Å². The second-order valence-corrected chi connectivity index (χ2v) is 21.2. The maximum atomic E-state index is 13.5. The summed E-state index contributed by atoms with van der Waals surface area (Å²) in [5.74, 6) is -0.538. The van der Waals surface area contributed by atoms with Crippen LogP contribution in [0.3, 0.4) is 0 Å². The van der Waals surface area contributed by atoms with Gasteiger partial charge in [0.1, 0.15) is 19.3 Å². The summed E-state index contributed by atoms with van der Waals surface area (Å²) in [6.45, 7) is 6.85. The molecule has 0 aliphatic rings. The molecule has 0 heterocycles. The lowest BCUT2D eigenvalue weighted by molar-refractivity contribution is -0.870. The van der Waals surface area contributed by atoms with E-state index in [2.05, 4.69) is 74.7 Å². The summed E-state index contributed by atoms with van der Waals surface area (Å²) in [7, 11) is 1.47. The molecule has 0 saturated heterocycles. The van der Waals surface area contributed by atoms with Gasteiger partial charge in [-0.05, 0) is 76.7 Å². The molecule has 0 radical (unpaired) electrons. The number of rotatable bonds is 49. The highest BCUT2D eigenvalue weighted by atomic mass is 31.2. The molecular weight excluding hydrogens is 856 g/mol. The van der Waals surface area contributed by atoms with Crippen molar-refractivity contribution in [3.8, 4) is 0 Å². The van der Waals surface area contributed by atoms with Gasteiger partial charge < -0.3 is 19.4 Å². The van der Waals surface area contributed by atoms with E-state index in [0.29, 0.717) is 23.9 Å². The predicted molar refractivity (Wildman–Crippen MR) is 286 cm³/mol. The summed E-state index contributed by atoms with van der Waals surface area (Å²) in [5, 5.41) is 3.03. The molecule has 9 nitrogen and oxygen atoms in total. The average Bonchev–Trinajstić information content (AvgIpc) is 3.28. The zero-order valence-electron chi connectivity index (χ0n) is 44.4. The van der Waals surface area contributed by atoms with Gasteiger partial charge in [-0.15, -0.1) is 0 Å². The summed E-state index contributed by atoms with van der Waals surface area (Å²) in [5.41, 5.74) is 0. The van der Waals surface area contributed by atoms with Crippen molar-refractivity contribution in [2.45, 2.75) is 251 Å². The number of carbonyl (C=O) groups excluding carboxylic acids is 2. The van der Waals surface area contributed by atoms with Gasteiger partial charge in [0.25, 0.3) is 0 Å². The Labute approximate surface area is 413 Å². The number of amides is 1. The van der Waals surface area contributed by atoms with Crippen LogP contribution >= 0.6 is 7.82 Å². The van der Waals surface area contributed by atoms with Gasteiger partial charge in [0.2, 0.25) is 5.91 Å². The molecule has 0 saturated carbocycles. The number of phosphoric ester groups is 1. The Balaban J connectivity index is 5.44. The van der Waals surface area contributed by atoms with Crippen molar-refractivity contribution >= 4 is 19.7 Å². The molecule has 390 valence electrons. The van der Waals surface area contributed by atoms with Crippen molar-refractivity contribution in [3.63, 3.8) is 0 Å². The van der Waals surface area contributed by atoms with Crippen LogP contribution in [-0.4, -0.2) is 74.3 Å². The van der Waals surface area contributed by atoms with Crippen LogP contribution in [0.5, 0.6) is 0 Å². The third-order valence-electron chi connectivity index (χ3n) is 12.0. The maximum Gasteiger partial charge on any atom is 0.472 e. The fourth-order valence-corrected chi connectivity index (χ4v) is 8.43. The smallest absolute Gasteiger partial charge is 0.456 e. The van der Waals surface area contributed by atoms with Crippen molar-refractivity contribution in [1.82, 2.24) is 5.32 Å². The van der Waals surface area contributed by atoms with Gasteiger partial charge in [-0.1, -0.05) is 210 Å². The number of phosphoric acid groups is 1. The summed E-state index contributed by atoms with van der Waals surface area (Å²) in [6.07, 6.45) is 57.8. The van der Waals surface area contributed by atoms with Gasteiger partial charge in [0.15, 0.2) is 0 Å². The third-order valence-corrected chi connectivity index (χ3v) is 13.0. The van der Waals surface area contributed by atoms with Gasteiger partial charge in [-0.25, -0.2) is 4.57 Å². The largest absolute Gasteiger partial charge is 0.472 e. The number of nitrogens with one attached hydrogen (secondary N) is 1. The molecule has 0 bridgehead atoms. The highest BCUT2D eigenvalue weighted by Gasteiger charge is 2.30. The number of hydrogen-bond acceptors (Lipinski definition) is 6. The van der Waals surface area contributed by atoms with Gasteiger partial charge in [0.05, 0.1) is 33.8 Å². The molecule has 10 heteroatoms. The number of hydrogen-bond donors (Lipinski definition) is 2. The number of unbranched alkanes of at least 4 members (excludes halogenated alkanes) is 27. The maximum absolute atomic E-state index is 13.5. The second-order valence-electron chi connectivity index (χ2n) is 19.8. The van der Waals surface area contributed by atoms with Crippen molar-refractivity contribution in [3.05, 3.63) is 60.8 Å². The standard InChI is InChI=1S/C57H105N2O7P/c1-7-10-13-16-19-22-25-28-29-32-34-37-40-43-46-49-56(60)58-54(53-65-67(62,63)64-52-51-59(4,5)6)55(48-45-42-39-36-33-30-26-23-20-17-14-11-8-2)66-57(61)50-47-44-41-38-35-31-27-24-21-18-15-12-9-3/h10,13,16,19,22,25,31,35,45,48,54-55H,7-9,11-12,14-15,17-18,20-21,23-24,26-30,32-34,36-44,46-47,49-53H2,1-6H3,(H-,58,60,62,63)/p+1/b13-10+,19-16+,25-22+,35-31-,48-45+. The van der Waals surface area contributed by atoms with Crippen LogP contribution in [0.1, 0.15) is 239 Å². The lowest BCUT2D eigenvalue weighted by atomic mass is 10.0. The van der Waals surface area contributed by atoms with Crippen LogP contribution in [0, 0.1) is 0 Å². The molecule has 3 unspecified atom stereocenters. The van der Waals surface area contributed by atoms with E-state index >= 15 is 0 Å². The average molecular weight is 962 g/mol. The highest BCUT2D eigenvalue weighted by Crippen LogP contribution is 2.43. The van der Waals surface area contributed by atoms with Crippen LogP contribution in [0.25, 0.3) is 0 Å². The molecule has 0 fully saturated rings. The van der Waals surface area contributed by atoms with Gasteiger partial charge in [-0.3, -0.25) is 18.6 Å². The Kier molecular flexibility index (Phi) is 45.8. The Morgan fingerprint density at radius 2 is 0.970 bits per heavy atom. The first-order chi connectivity index (χ1) is 32.4. The zero-order valence-corrected chi connectivity index (χ0v) is 45.3. The summed E-state index contributed by atoms with van der Waals surface area (Å²) >= 11 is 0. The number of allylic oxidation sites excluding steroid dienone is 9. The molecule has 0 aliphatic heterocycles. The molecule has 0 rings (SSSR count). The molecule has 0 aromatic heterocycles. The zero-order chi connectivity index (χ0) is 49.4. The topological polar surface area (TPSA) is 111 Å². The van der Waals surface area contributed by atoms with Crippen LogP contribution in [0.4, 0.5) is 0 Å². The van der Waals surface area contributed by atoms with Crippen LogP contribution < -0.4 is 5.32 Å². The Morgan fingerprint density at radius 3 is 1.48 bits per heavy atom. The fraction of sp³-hybridized carbons (Fsp3) is 0.789.